The molecule has 64 heavy (non-hydrogen) atoms. The third kappa shape index (κ3) is 20.1. The fourth-order valence-electron chi connectivity index (χ4n) is 5.06. The Bertz CT molecular complexity index is 2330. The predicted molar refractivity (Wildman–Crippen MR) is 214 cm³/mol. The van der Waals surface area contributed by atoms with Gasteiger partial charge in [0.2, 0.25) is 5.91 Å². The number of Topliss-reactive ketones (excluding diaryl/α,β-unsaturated/α-hetero) is 1. The Labute approximate surface area is 361 Å². The van der Waals surface area contributed by atoms with E-state index in [1.165, 1.54) is 13.0 Å². The van der Waals surface area contributed by atoms with Gasteiger partial charge in [-0.25, -0.2) is 18.5 Å². The van der Waals surface area contributed by atoms with Gasteiger partial charge in [-0.05, 0) is 42.6 Å². The molecule has 1 saturated heterocycles. The van der Waals surface area contributed by atoms with Crippen LogP contribution in [0.2, 0.25) is 0 Å². The van der Waals surface area contributed by atoms with Crippen LogP contribution in [0.15, 0.2) is 45.5 Å². The number of nitrogens with two attached hydrogens (primary N) is 1. The minimum absolute atomic E-state index is 0.0108. The second-order valence-electron chi connectivity index (χ2n) is 12.6. The van der Waals surface area contributed by atoms with Gasteiger partial charge in [0.25, 0.3) is 5.91 Å². The number of benzene rings is 1. The fourth-order valence-corrected chi connectivity index (χ4v) is 8.09. The number of phosphoric acid groups is 3. The van der Waals surface area contributed by atoms with Crippen LogP contribution in [0, 0.1) is 11.8 Å². The zero-order valence-electron chi connectivity index (χ0n) is 33.4. The number of amides is 2. The number of nitrogen functional groups attached to an aromatic ring is 1. The molecular weight excluding hydrogens is 923 g/mol. The summed E-state index contributed by atoms with van der Waals surface area (Å²) in [5.41, 5.74) is 22.7. The molecule has 30 nitrogen and oxygen atoms in total. The molecular formula is C31H42N11O19P3. The number of rotatable bonds is 27. The molecule has 2 heterocycles. The third-order valence-corrected chi connectivity index (χ3v) is 11.5. The number of ether oxygens (including phenoxy) is 5. The fraction of sp³-hybridized carbons (Fsp3) is 0.516. The van der Waals surface area contributed by atoms with Crippen molar-refractivity contribution in [1.29, 1.82) is 0 Å². The van der Waals surface area contributed by atoms with Gasteiger partial charge >= 0.3 is 29.2 Å². The molecule has 0 bridgehead atoms. The van der Waals surface area contributed by atoms with Crippen LogP contribution in [-0.2, 0) is 55.4 Å². The first-order chi connectivity index (χ1) is 30.2. The van der Waals surface area contributed by atoms with Gasteiger partial charge in [-0.2, -0.15) is 13.6 Å². The monoisotopic (exact) mass is 965 g/mol. The molecule has 0 radical (unpaired) electrons. The quantitative estimate of drug-likeness (QED) is 0.0166. The van der Waals surface area contributed by atoms with E-state index in [9.17, 15) is 42.7 Å². The number of hydrogen-bond donors (Lipinski definition) is 7. The average molecular weight is 966 g/mol. The summed E-state index contributed by atoms with van der Waals surface area (Å²) in [6.45, 7) is -0.822. The summed E-state index contributed by atoms with van der Waals surface area (Å²) in [5.74, 6) is 4.31. The van der Waals surface area contributed by atoms with Crippen molar-refractivity contribution in [3.05, 3.63) is 73.0 Å². The summed E-state index contributed by atoms with van der Waals surface area (Å²) in [6, 6.07) is 6.24. The first-order valence-corrected chi connectivity index (χ1v) is 22.7. The van der Waals surface area contributed by atoms with Gasteiger partial charge in [0, 0.05) is 41.0 Å². The van der Waals surface area contributed by atoms with Gasteiger partial charge in [-0.3, -0.25) is 18.7 Å². The molecule has 0 saturated carbocycles. The molecule has 1 aliphatic rings. The molecule has 0 aliphatic carbocycles. The van der Waals surface area contributed by atoms with Crippen molar-refractivity contribution in [2.75, 3.05) is 58.6 Å². The maximum Gasteiger partial charge on any atom is 0.490 e. The van der Waals surface area contributed by atoms with Gasteiger partial charge in [0.1, 0.15) is 49.6 Å². The highest BCUT2D eigenvalue weighted by Crippen LogP contribution is 2.66. The summed E-state index contributed by atoms with van der Waals surface area (Å²) in [5, 5.41) is 11.9. The number of phosphoric ester groups is 1. The molecule has 8 N–H and O–H groups in total. The zero-order valence-corrected chi connectivity index (χ0v) is 36.1. The molecule has 350 valence electrons. The van der Waals surface area contributed by atoms with Crippen LogP contribution in [0.3, 0.4) is 0 Å². The van der Waals surface area contributed by atoms with Crippen molar-refractivity contribution in [1.82, 2.24) is 20.2 Å². The maximum absolute atomic E-state index is 12.8. The highest BCUT2D eigenvalue weighted by atomic mass is 31.3. The Morgan fingerprint density at radius 2 is 1.88 bits per heavy atom. The van der Waals surface area contributed by atoms with E-state index < -0.39 is 79.7 Å². The Morgan fingerprint density at radius 3 is 2.58 bits per heavy atom. The summed E-state index contributed by atoms with van der Waals surface area (Å²) in [7, 11) is -17.1. The minimum Gasteiger partial charge on any atom is -0.491 e. The lowest BCUT2D eigenvalue weighted by atomic mass is 10.2. The molecule has 1 aromatic heterocycles. The number of azide groups is 2. The second kappa shape index (κ2) is 25.9. The average Bonchev–Trinajstić information content (AvgIpc) is 3.61. The number of carbonyl (C=O) groups excluding carboxylic acids is 3. The molecule has 1 fully saturated rings. The van der Waals surface area contributed by atoms with Crippen LogP contribution < -0.4 is 26.8 Å². The minimum atomic E-state index is -5.83. The van der Waals surface area contributed by atoms with Crippen molar-refractivity contribution in [3.8, 4) is 17.6 Å². The lowest BCUT2D eigenvalue weighted by Crippen LogP contribution is -2.30. The summed E-state index contributed by atoms with van der Waals surface area (Å²) < 4.78 is 75.2. The van der Waals surface area contributed by atoms with Crippen LogP contribution in [0.5, 0.6) is 5.75 Å². The van der Waals surface area contributed by atoms with Crippen molar-refractivity contribution in [3.63, 3.8) is 0 Å². The molecule has 6 atom stereocenters. The van der Waals surface area contributed by atoms with Gasteiger partial charge in [0.05, 0.1) is 38.0 Å². The SMILES string of the molecule is CC(=O)CCCNC(=O)c1cccc(OCC(N=[N+]=[N-])OCCOCC(=O)NCC#Cc2cn(C3CC(OCN=[N+]=[N-])[C@H](COP(=O)(O)OP(=O)(O)OP(=O)(O)O)O3)c(=O)nc2N)c1. The molecule has 0 spiro atoms. The Kier molecular flexibility index (Phi) is 21.5. The molecule has 1 aliphatic heterocycles. The normalized spacial score (nSPS) is 18.1. The van der Waals surface area contributed by atoms with E-state index in [2.05, 4.69) is 60.7 Å². The number of nitrogens with zero attached hydrogens (tertiary/aromatic N) is 8. The molecule has 3 rings (SSSR count). The van der Waals surface area contributed by atoms with E-state index in [1.54, 1.807) is 18.2 Å². The van der Waals surface area contributed by atoms with Crippen LogP contribution >= 0.6 is 23.5 Å². The van der Waals surface area contributed by atoms with Gasteiger partial charge < -0.3 is 64.4 Å². The van der Waals surface area contributed by atoms with Crippen LogP contribution in [-0.4, -0.2) is 118 Å². The van der Waals surface area contributed by atoms with E-state index in [-0.39, 0.29) is 55.9 Å². The molecule has 1 aromatic carbocycles. The largest absolute Gasteiger partial charge is 0.491 e. The number of aromatic nitrogens is 2. The van der Waals surface area contributed by atoms with Crippen LogP contribution in [0.4, 0.5) is 5.82 Å². The summed E-state index contributed by atoms with van der Waals surface area (Å²) >= 11 is 0. The highest BCUT2D eigenvalue weighted by molar-refractivity contribution is 7.66. The lowest BCUT2D eigenvalue weighted by Gasteiger charge is -2.21. The first kappa shape index (κ1) is 53.1. The summed E-state index contributed by atoms with van der Waals surface area (Å²) in [4.78, 5) is 94.2. The first-order valence-electron chi connectivity index (χ1n) is 18.2. The summed E-state index contributed by atoms with van der Waals surface area (Å²) in [6.07, 6.45) is -3.07. The molecule has 33 heteroatoms. The predicted octanol–water partition coefficient (Wildman–Crippen LogP) is 1.42. The van der Waals surface area contributed by atoms with E-state index in [0.29, 0.717) is 30.7 Å². The van der Waals surface area contributed by atoms with Crippen molar-refractivity contribution < 1.29 is 84.5 Å². The Morgan fingerprint density at radius 1 is 1.11 bits per heavy atom. The number of carbonyl (C=O) groups is 3. The van der Waals surface area contributed by atoms with E-state index in [4.69, 9.17) is 50.3 Å². The lowest BCUT2D eigenvalue weighted by molar-refractivity contribution is -0.126. The smallest absolute Gasteiger partial charge is 0.490 e. The van der Waals surface area contributed by atoms with Gasteiger partial charge in [-0.1, -0.05) is 28.1 Å². The topological polar surface area (TPSA) is 440 Å². The van der Waals surface area contributed by atoms with Crippen LogP contribution in [0.1, 0.15) is 48.3 Å². The van der Waals surface area contributed by atoms with E-state index in [1.807, 2.05) is 0 Å². The van der Waals surface area contributed by atoms with Crippen molar-refractivity contribution in [2.24, 2.45) is 10.2 Å². The number of anilines is 1. The maximum atomic E-state index is 12.8. The van der Waals surface area contributed by atoms with Gasteiger partial charge in [-0.15, -0.1) is 0 Å². The number of ketones is 1. The molecule has 5 unspecified atom stereocenters. The highest BCUT2D eigenvalue weighted by Gasteiger charge is 2.43. The standard InChI is InChI=1S/C31H42N11O19P3/c1-20(43)5-3-10-36-30(45)21-6-2-8-23(13-21)56-18-27(39-41-34)55-12-11-54-17-26(44)35-9-4-7-22-15-42(31(46)38-29(22)32)28-14-24(57-19-37-40-33)25(59-28)16-58-63(50,51)61-64(52,53)60-62(47,48)49/h2,6,8,13,15,24-25,27-28H,3,5,9-12,14,16-19H2,1H3,(H,35,44)(H,36,45)(H,50,51)(H,52,53)(H2,32,38,46)(H2,47,48,49)/t24?,25-,27?,28?/m0/s1. The van der Waals surface area contributed by atoms with Gasteiger partial charge in [0.15, 0.2) is 6.23 Å². The number of nitrogens with one attached hydrogen (secondary N) is 2. The Hall–Kier alpha value is -5.26. The third-order valence-electron chi connectivity index (χ3n) is 7.73. The second-order valence-corrected chi connectivity index (χ2v) is 17.0. The number of hydrogen-bond acceptors (Lipinski definition) is 19. The van der Waals surface area contributed by atoms with E-state index >= 15 is 0 Å². The van der Waals surface area contributed by atoms with Crippen LogP contribution in [0.25, 0.3) is 20.9 Å². The van der Waals surface area contributed by atoms with Crippen molar-refractivity contribution in [2.45, 2.75) is 50.8 Å². The van der Waals surface area contributed by atoms with Crippen molar-refractivity contribution >= 4 is 46.9 Å². The zero-order chi connectivity index (χ0) is 47.3. The molecule has 2 amide bonds. The molecule has 2 aromatic rings. The Balaban J connectivity index is 1.49. The van der Waals surface area contributed by atoms with E-state index in [0.717, 1.165) is 10.8 Å².